The van der Waals surface area contributed by atoms with E-state index >= 15 is 0 Å². The van der Waals surface area contributed by atoms with Crippen LogP contribution in [0.4, 0.5) is 17.1 Å². The number of nitrogens with zero attached hydrogens (tertiary/aromatic N) is 1. The van der Waals surface area contributed by atoms with E-state index in [1.54, 1.807) is 11.1 Å². The lowest BCUT2D eigenvalue weighted by Crippen LogP contribution is -2.38. The van der Waals surface area contributed by atoms with Gasteiger partial charge in [0.1, 0.15) is 31.4 Å². The summed E-state index contributed by atoms with van der Waals surface area (Å²) in [6, 6.07) is 5.98. The third-order valence-electron chi connectivity index (χ3n) is 9.26. The molecule has 37 heavy (non-hydrogen) atoms. The lowest BCUT2D eigenvalue weighted by molar-refractivity contribution is 0.392. The number of hydrogen-bond donors (Lipinski definition) is 0. The van der Waals surface area contributed by atoms with Gasteiger partial charge in [-0.1, -0.05) is 83.9 Å². The number of fused-ring (bicyclic) bond motifs is 2. The van der Waals surface area contributed by atoms with Crippen LogP contribution in [0.15, 0.2) is 18.2 Å². The molecule has 3 aromatic rings. The highest BCUT2D eigenvalue weighted by Crippen LogP contribution is 2.45. The van der Waals surface area contributed by atoms with Crippen molar-refractivity contribution in [3.63, 3.8) is 0 Å². The standard InChI is InChI=1S/C30H37B4Cl2N/c1-14-19-10-29(3,4)11-20(19)24(32)26(34)27(14)37(18-8-16(35)7-17(36)9-18)28-15(2)23(31)21-12-30(5,6)13-22(21)25(28)33/h7-9H,10-13,31-34H2,1-6H3. The fourth-order valence-electron chi connectivity index (χ4n) is 7.27. The smallest absolute Gasteiger partial charge is 0.142 e. The third kappa shape index (κ3) is 4.39. The molecular formula is C30H37B4Cl2N. The van der Waals surface area contributed by atoms with Crippen molar-refractivity contribution in [2.75, 3.05) is 4.90 Å². The first kappa shape index (κ1) is 26.9. The van der Waals surface area contributed by atoms with E-state index in [2.05, 4.69) is 90.0 Å². The Labute approximate surface area is 237 Å². The maximum Gasteiger partial charge on any atom is 0.142 e. The van der Waals surface area contributed by atoms with Crippen LogP contribution in [0.1, 0.15) is 61.1 Å². The van der Waals surface area contributed by atoms with Gasteiger partial charge in [0.05, 0.1) is 0 Å². The number of rotatable bonds is 3. The summed E-state index contributed by atoms with van der Waals surface area (Å²) >= 11 is 13.3. The molecule has 0 bridgehead atoms. The molecule has 0 saturated carbocycles. The summed E-state index contributed by atoms with van der Waals surface area (Å²) in [5, 5.41) is 1.33. The molecule has 0 unspecified atom stereocenters. The molecule has 7 heteroatoms. The molecule has 3 aromatic carbocycles. The van der Waals surface area contributed by atoms with Crippen LogP contribution in [0, 0.1) is 24.7 Å². The molecule has 0 N–H and O–H groups in total. The largest absolute Gasteiger partial charge is 0.311 e. The minimum Gasteiger partial charge on any atom is -0.311 e. The predicted molar refractivity (Wildman–Crippen MR) is 176 cm³/mol. The van der Waals surface area contributed by atoms with Gasteiger partial charge in [-0.25, -0.2) is 0 Å². The molecule has 0 saturated heterocycles. The number of hydrogen-bond acceptors (Lipinski definition) is 1. The fourth-order valence-corrected chi connectivity index (χ4v) is 7.78. The van der Waals surface area contributed by atoms with Gasteiger partial charge in [0, 0.05) is 27.1 Å². The normalized spacial score (nSPS) is 17.1. The lowest BCUT2D eigenvalue weighted by Gasteiger charge is -2.35. The highest BCUT2D eigenvalue weighted by Gasteiger charge is 2.36. The van der Waals surface area contributed by atoms with Gasteiger partial charge < -0.3 is 4.90 Å². The summed E-state index contributed by atoms with van der Waals surface area (Å²) in [5.74, 6) is 0. The molecule has 1 nitrogen and oxygen atoms in total. The summed E-state index contributed by atoms with van der Waals surface area (Å²) in [4.78, 5) is 2.49. The first-order valence-electron chi connectivity index (χ1n) is 13.6. The van der Waals surface area contributed by atoms with E-state index in [1.807, 2.05) is 6.07 Å². The van der Waals surface area contributed by atoms with Crippen molar-refractivity contribution in [2.24, 2.45) is 10.8 Å². The highest BCUT2D eigenvalue weighted by molar-refractivity contribution is 6.52. The SMILES string of the molecule is Bc1c(C)c(N(c2cc(Cl)cc(Cl)c2)c2c(B)c(B)c3c(c2C)CC(C)(C)C3)c(B)c2c1CC(C)(C)C2. The zero-order chi connectivity index (χ0) is 27.2. The van der Waals surface area contributed by atoms with Crippen molar-refractivity contribution in [2.45, 2.75) is 67.2 Å². The van der Waals surface area contributed by atoms with Crippen LogP contribution >= 0.6 is 23.2 Å². The van der Waals surface area contributed by atoms with Gasteiger partial charge in [0.15, 0.2) is 0 Å². The summed E-state index contributed by atoms with van der Waals surface area (Å²) in [6.45, 7) is 14.2. The molecule has 2 aliphatic carbocycles. The first-order chi connectivity index (χ1) is 17.1. The van der Waals surface area contributed by atoms with E-state index in [1.165, 1.54) is 55.5 Å². The molecule has 0 fully saturated rings. The second kappa shape index (κ2) is 8.92. The van der Waals surface area contributed by atoms with Gasteiger partial charge in [-0.2, -0.15) is 0 Å². The van der Waals surface area contributed by atoms with Gasteiger partial charge in [-0.3, -0.25) is 0 Å². The third-order valence-corrected chi connectivity index (χ3v) is 9.70. The van der Waals surface area contributed by atoms with E-state index in [0.717, 1.165) is 31.4 Å². The first-order valence-corrected chi connectivity index (χ1v) is 14.4. The minimum absolute atomic E-state index is 0.286. The van der Waals surface area contributed by atoms with E-state index < -0.39 is 0 Å². The maximum atomic E-state index is 6.64. The molecule has 0 heterocycles. The van der Waals surface area contributed by atoms with E-state index in [-0.39, 0.29) is 10.8 Å². The van der Waals surface area contributed by atoms with Crippen molar-refractivity contribution in [3.05, 3.63) is 61.6 Å². The second-order valence-electron chi connectivity index (χ2n) is 13.4. The Hall–Kier alpha value is -1.70. The Morgan fingerprint density at radius 3 is 1.57 bits per heavy atom. The Morgan fingerprint density at radius 2 is 1.03 bits per heavy atom. The number of anilines is 3. The van der Waals surface area contributed by atoms with Gasteiger partial charge in [-0.05, 0) is 90.8 Å². The molecule has 5 rings (SSSR count). The van der Waals surface area contributed by atoms with Crippen LogP contribution in [0.2, 0.25) is 10.0 Å². The summed E-state index contributed by atoms with van der Waals surface area (Å²) in [7, 11) is 9.27. The van der Waals surface area contributed by atoms with E-state index in [4.69, 9.17) is 23.2 Å². The number of halogens is 2. The molecule has 2 aliphatic rings. The predicted octanol–water partition coefficient (Wildman–Crippen LogP) is 2.36. The fraction of sp³-hybridized carbons (Fsp3) is 0.400. The molecule has 0 aliphatic heterocycles. The van der Waals surface area contributed by atoms with Gasteiger partial charge in [0.2, 0.25) is 0 Å². The van der Waals surface area contributed by atoms with Crippen LogP contribution in [0.5, 0.6) is 0 Å². The summed E-state index contributed by atoms with van der Waals surface area (Å²) in [5.41, 5.74) is 18.6. The van der Waals surface area contributed by atoms with Crippen molar-refractivity contribution < 1.29 is 0 Å². The maximum absolute atomic E-state index is 6.64. The molecule has 0 spiro atoms. The lowest BCUT2D eigenvalue weighted by atomic mass is 9.72. The quantitative estimate of drug-likeness (QED) is 0.475. The molecule has 0 atom stereocenters. The molecule has 0 radical (unpaired) electrons. The number of benzene rings is 3. The van der Waals surface area contributed by atoms with Gasteiger partial charge >= 0.3 is 0 Å². The average Bonchev–Trinajstić information content (AvgIpc) is 3.30. The van der Waals surface area contributed by atoms with Crippen LogP contribution in [0.25, 0.3) is 0 Å². The minimum atomic E-state index is 0.286. The van der Waals surface area contributed by atoms with E-state index in [9.17, 15) is 0 Å². The zero-order valence-corrected chi connectivity index (χ0v) is 25.8. The summed E-state index contributed by atoms with van der Waals surface area (Å²) in [6.07, 6.45) is 4.51. The van der Waals surface area contributed by atoms with Crippen molar-refractivity contribution >= 4 is 93.5 Å². The van der Waals surface area contributed by atoms with Crippen molar-refractivity contribution in [1.29, 1.82) is 0 Å². The monoisotopic (exact) mass is 525 g/mol. The Balaban J connectivity index is 1.88. The summed E-state index contributed by atoms with van der Waals surface area (Å²) < 4.78 is 0. The van der Waals surface area contributed by atoms with Gasteiger partial charge in [-0.15, -0.1) is 0 Å². The van der Waals surface area contributed by atoms with Crippen molar-refractivity contribution in [1.82, 2.24) is 0 Å². The van der Waals surface area contributed by atoms with Crippen LogP contribution < -0.4 is 26.8 Å². The zero-order valence-electron chi connectivity index (χ0n) is 24.3. The average molecular weight is 526 g/mol. The van der Waals surface area contributed by atoms with Crippen molar-refractivity contribution in [3.8, 4) is 0 Å². The van der Waals surface area contributed by atoms with Crippen LogP contribution in [-0.2, 0) is 25.7 Å². The Morgan fingerprint density at radius 1 is 0.595 bits per heavy atom. The second-order valence-corrected chi connectivity index (χ2v) is 14.2. The molecule has 0 aromatic heterocycles. The molecular weight excluding hydrogens is 488 g/mol. The molecule has 0 amide bonds. The molecule has 188 valence electrons. The van der Waals surface area contributed by atoms with Crippen LogP contribution in [0.3, 0.4) is 0 Å². The topological polar surface area (TPSA) is 3.24 Å². The van der Waals surface area contributed by atoms with Crippen LogP contribution in [-0.4, -0.2) is 31.4 Å². The Bertz CT molecular complexity index is 1370. The van der Waals surface area contributed by atoms with Gasteiger partial charge in [0.25, 0.3) is 0 Å². The highest BCUT2D eigenvalue weighted by atomic mass is 35.5. The van der Waals surface area contributed by atoms with E-state index in [0.29, 0.717) is 10.0 Å². The Kier molecular flexibility index (Phi) is 6.48.